The molecule has 0 aromatic carbocycles. The number of hydrogen-bond acceptors (Lipinski definition) is 3. The minimum atomic E-state index is -4.29. The van der Waals surface area contributed by atoms with Gasteiger partial charge in [0.1, 0.15) is 6.61 Å². The molecule has 0 radical (unpaired) electrons. The Morgan fingerprint density at radius 3 is 2.31 bits per heavy atom. The van der Waals surface area contributed by atoms with Gasteiger partial charge in [0, 0.05) is 18.6 Å². The van der Waals surface area contributed by atoms with Crippen LogP contribution in [-0.4, -0.2) is 37.6 Å². The lowest BCUT2D eigenvalue weighted by Crippen LogP contribution is -2.38. The van der Waals surface area contributed by atoms with Crippen molar-refractivity contribution in [3.05, 3.63) is 0 Å². The minimum Gasteiger partial charge on any atom is -0.396 e. The van der Waals surface area contributed by atoms with Crippen LogP contribution in [-0.2, 0) is 4.74 Å². The molecular weight excluding hydrogens is 223 g/mol. The molecule has 3 nitrogen and oxygen atoms in total. The lowest BCUT2D eigenvalue weighted by Gasteiger charge is -2.30. The van der Waals surface area contributed by atoms with Gasteiger partial charge in [0.15, 0.2) is 0 Å². The van der Waals surface area contributed by atoms with E-state index < -0.39 is 18.2 Å². The molecule has 1 atom stereocenters. The summed E-state index contributed by atoms with van der Waals surface area (Å²) in [5, 5.41) is 9.29. The summed E-state index contributed by atoms with van der Waals surface area (Å²) in [4.78, 5) is 0. The van der Waals surface area contributed by atoms with Crippen LogP contribution in [0, 0.1) is 11.3 Å². The Bertz CT molecular complexity index is 213. The third-order valence-corrected chi connectivity index (χ3v) is 3.17. The summed E-state index contributed by atoms with van der Waals surface area (Å²) in [6.07, 6.45) is -1.90. The van der Waals surface area contributed by atoms with E-state index in [1.165, 1.54) is 0 Å². The number of aliphatic hydroxyl groups is 1. The molecule has 0 aliphatic heterocycles. The zero-order chi connectivity index (χ0) is 12.2. The summed E-state index contributed by atoms with van der Waals surface area (Å²) in [6.45, 7) is -1.02. The second-order valence-electron chi connectivity index (χ2n) is 4.42. The van der Waals surface area contributed by atoms with Crippen LogP contribution in [0.4, 0.5) is 13.2 Å². The van der Waals surface area contributed by atoms with Gasteiger partial charge in [-0.3, -0.25) is 0 Å². The third kappa shape index (κ3) is 3.92. The highest BCUT2D eigenvalue weighted by Crippen LogP contribution is 2.46. The average molecular weight is 241 g/mol. The van der Waals surface area contributed by atoms with Gasteiger partial charge in [0.25, 0.3) is 0 Å². The first-order valence-corrected chi connectivity index (χ1v) is 5.39. The molecule has 0 spiro atoms. The standard InChI is InChI=1S/C10H18F3NO2/c11-10(12,13)7-16-4-3-9(5-14,6-15)8-1-2-8/h8,15H,1-7,14H2. The van der Waals surface area contributed by atoms with Crippen molar-refractivity contribution in [3.8, 4) is 0 Å². The first-order chi connectivity index (χ1) is 7.43. The molecule has 1 unspecified atom stereocenters. The van der Waals surface area contributed by atoms with Gasteiger partial charge in [-0.15, -0.1) is 0 Å². The molecule has 3 N–H and O–H groups in total. The Balaban J connectivity index is 2.28. The first kappa shape index (κ1) is 13.7. The van der Waals surface area contributed by atoms with Gasteiger partial charge in [0.05, 0.1) is 6.61 Å². The average Bonchev–Trinajstić information content (AvgIpc) is 3.01. The van der Waals surface area contributed by atoms with Crippen molar-refractivity contribution in [1.29, 1.82) is 0 Å². The fraction of sp³-hybridized carbons (Fsp3) is 1.00. The zero-order valence-corrected chi connectivity index (χ0v) is 9.09. The van der Waals surface area contributed by atoms with E-state index in [2.05, 4.69) is 4.74 Å². The van der Waals surface area contributed by atoms with Gasteiger partial charge in [-0.05, 0) is 25.2 Å². The highest BCUT2D eigenvalue weighted by Gasteiger charge is 2.43. The lowest BCUT2D eigenvalue weighted by molar-refractivity contribution is -0.175. The molecule has 0 bridgehead atoms. The molecule has 1 aliphatic rings. The van der Waals surface area contributed by atoms with E-state index in [4.69, 9.17) is 5.73 Å². The van der Waals surface area contributed by atoms with Gasteiger partial charge in [-0.25, -0.2) is 0 Å². The molecule has 0 aromatic rings. The van der Waals surface area contributed by atoms with E-state index in [1.54, 1.807) is 0 Å². The van der Waals surface area contributed by atoms with Crippen LogP contribution in [0.25, 0.3) is 0 Å². The molecule has 1 rings (SSSR count). The van der Waals surface area contributed by atoms with Crippen LogP contribution >= 0.6 is 0 Å². The van der Waals surface area contributed by atoms with E-state index in [0.717, 1.165) is 12.8 Å². The molecule has 6 heteroatoms. The van der Waals surface area contributed by atoms with Crippen molar-refractivity contribution in [1.82, 2.24) is 0 Å². The van der Waals surface area contributed by atoms with Crippen molar-refractivity contribution in [2.45, 2.75) is 25.4 Å². The number of hydrogen-bond donors (Lipinski definition) is 2. The van der Waals surface area contributed by atoms with Crippen LogP contribution in [0.1, 0.15) is 19.3 Å². The van der Waals surface area contributed by atoms with E-state index >= 15 is 0 Å². The van der Waals surface area contributed by atoms with Gasteiger partial charge < -0.3 is 15.6 Å². The number of rotatable bonds is 7. The summed E-state index contributed by atoms with van der Waals surface area (Å²) in [5.41, 5.74) is 5.15. The van der Waals surface area contributed by atoms with Gasteiger partial charge >= 0.3 is 6.18 Å². The van der Waals surface area contributed by atoms with Crippen molar-refractivity contribution < 1.29 is 23.0 Å². The minimum absolute atomic E-state index is 0.00618. The summed E-state index contributed by atoms with van der Waals surface area (Å²) in [6, 6.07) is 0. The maximum absolute atomic E-state index is 11.8. The largest absolute Gasteiger partial charge is 0.411 e. The van der Waals surface area contributed by atoms with E-state index in [9.17, 15) is 18.3 Å². The molecule has 0 amide bonds. The Hall–Kier alpha value is -0.330. The van der Waals surface area contributed by atoms with E-state index in [-0.39, 0.29) is 13.2 Å². The first-order valence-electron chi connectivity index (χ1n) is 5.39. The van der Waals surface area contributed by atoms with Crippen LogP contribution in [0.3, 0.4) is 0 Å². The van der Waals surface area contributed by atoms with Gasteiger partial charge in [-0.2, -0.15) is 13.2 Å². The molecule has 1 aliphatic carbocycles. The van der Waals surface area contributed by atoms with Crippen molar-refractivity contribution in [2.75, 3.05) is 26.4 Å². The molecule has 1 saturated carbocycles. The summed E-state index contributed by atoms with van der Waals surface area (Å²) in [5.74, 6) is 0.344. The molecule has 96 valence electrons. The SMILES string of the molecule is NCC(CO)(CCOCC(F)(F)F)C1CC1. The fourth-order valence-corrected chi connectivity index (χ4v) is 1.90. The highest BCUT2D eigenvalue weighted by atomic mass is 19.4. The van der Waals surface area contributed by atoms with Crippen molar-refractivity contribution in [2.24, 2.45) is 17.1 Å². The van der Waals surface area contributed by atoms with Crippen LogP contribution in [0.2, 0.25) is 0 Å². The number of aliphatic hydroxyl groups excluding tert-OH is 1. The molecule has 0 saturated heterocycles. The summed E-state index contributed by atoms with van der Waals surface area (Å²) < 4.78 is 40.0. The maximum atomic E-state index is 11.8. The Morgan fingerprint density at radius 2 is 1.94 bits per heavy atom. The number of ether oxygens (including phenoxy) is 1. The van der Waals surface area contributed by atoms with Gasteiger partial charge in [0.2, 0.25) is 0 Å². The van der Waals surface area contributed by atoms with Crippen molar-refractivity contribution in [3.63, 3.8) is 0 Å². The summed E-state index contributed by atoms with van der Waals surface area (Å²) in [7, 11) is 0. The molecule has 0 aromatic heterocycles. The third-order valence-electron chi connectivity index (χ3n) is 3.17. The number of alkyl halides is 3. The van der Waals surface area contributed by atoms with Gasteiger partial charge in [-0.1, -0.05) is 0 Å². The number of halogens is 3. The second kappa shape index (κ2) is 5.33. The smallest absolute Gasteiger partial charge is 0.396 e. The summed E-state index contributed by atoms with van der Waals surface area (Å²) >= 11 is 0. The fourth-order valence-electron chi connectivity index (χ4n) is 1.90. The molecule has 1 fully saturated rings. The zero-order valence-electron chi connectivity index (χ0n) is 9.09. The topological polar surface area (TPSA) is 55.5 Å². The highest BCUT2D eigenvalue weighted by molar-refractivity contribution is 4.94. The molecule has 16 heavy (non-hydrogen) atoms. The number of nitrogens with two attached hydrogens (primary N) is 1. The second-order valence-corrected chi connectivity index (χ2v) is 4.42. The molecular formula is C10H18F3NO2. The molecule has 0 heterocycles. The van der Waals surface area contributed by atoms with Crippen molar-refractivity contribution >= 4 is 0 Å². The Kier molecular flexibility index (Phi) is 4.58. The quantitative estimate of drug-likeness (QED) is 0.661. The monoisotopic (exact) mass is 241 g/mol. The van der Waals surface area contributed by atoms with Crippen LogP contribution in [0.5, 0.6) is 0 Å². The van der Waals surface area contributed by atoms with Crippen LogP contribution in [0.15, 0.2) is 0 Å². The van der Waals surface area contributed by atoms with E-state index in [0.29, 0.717) is 18.9 Å². The predicted molar refractivity (Wildman–Crippen MR) is 52.8 cm³/mol. The normalized spacial score (nSPS) is 20.8. The van der Waals surface area contributed by atoms with Crippen LogP contribution < -0.4 is 5.73 Å². The Labute approximate surface area is 92.8 Å². The Morgan fingerprint density at radius 1 is 1.31 bits per heavy atom. The maximum Gasteiger partial charge on any atom is 0.411 e. The predicted octanol–water partition coefficient (Wildman–Crippen LogP) is 1.30. The lowest BCUT2D eigenvalue weighted by atomic mass is 9.80. The van der Waals surface area contributed by atoms with E-state index in [1.807, 2.05) is 0 Å².